The maximum absolute atomic E-state index is 11.7. The molecule has 1 saturated heterocycles. The maximum Gasteiger partial charge on any atom is 0.150 e. The minimum atomic E-state index is -2.81. The zero-order valence-electron chi connectivity index (χ0n) is 13.6. The van der Waals surface area contributed by atoms with E-state index < -0.39 is 9.84 Å². The Morgan fingerprint density at radius 1 is 1.24 bits per heavy atom. The second kappa shape index (κ2) is 9.77. The zero-order chi connectivity index (χ0) is 15.7. The van der Waals surface area contributed by atoms with E-state index in [4.69, 9.17) is 9.47 Å². The van der Waals surface area contributed by atoms with Crippen molar-refractivity contribution in [2.45, 2.75) is 39.2 Å². The number of hydrogen-bond donors (Lipinski definition) is 1. The fourth-order valence-corrected chi connectivity index (χ4v) is 4.65. The summed E-state index contributed by atoms with van der Waals surface area (Å²) >= 11 is 0. The quantitative estimate of drug-likeness (QED) is 0.584. The number of rotatable bonds is 11. The summed E-state index contributed by atoms with van der Waals surface area (Å²) in [5.41, 5.74) is 0. The Morgan fingerprint density at radius 2 is 2.00 bits per heavy atom. The van der Waals surface area contributed by atoms with Crippen molar-refractivity contribution >= 4 is 9.84 Å². The molecule has 21 heavy (non-hydrogen) atoms. The number of sulfone groups is 1. The van der Waals surface area contributed by atoms with Crippen LogP contribution in [0.25, 0.3) is 0 Å². The van der Waals surface area contributed by atoms with E-state index in [0.29, 0.717) is 36.7 Å². The summed E-state index contributed by atoms with van der Waals surface area (Å²) in [6.45, 7) is 7.23. The minimum absolute atomic E-state index is 0.281. The van der Waals surface area contributed by atoms with Crippen LogP contribution in [-0.4, -0.2) is 59.4 Å². The Kier molecular flexibility index (Phi) is 8.78. The van der Waals surface area contributed by atoms with Gasteiger partial charge in [0.25, 0.3) is 0 Å². The second-order valence-corrected chi connectivity index (χ2v) is 8.46. The van der Waals surface area contributed by atoms with Crippen molar-refractivity contribution in [1.29, 1.82) is 0 Å². The fraction of sp³-hybridized carbons (Fsp3) is 1.00. The van der Waals surface area contributed by atoms with Crippen molar-refractivity contribution in [2.75, 3.05) is 45.0 Å². The number of nitrogens with one attached hydrogen (secondary N) is 1. The molecule has 1 N–H and O–H groups in total. The molecule has 126 valence electrons. The van der Waals surface area contributed by atoms with Crippen molar-refractivity contribution in [3.63, 3.8) is 0 Å². The highest BCUT2D eigenvalue weighted by Gasteiger charge is 2.33. The Bertz CT molecular complexity index is 370. The molecule has 0 aromatic carbocycles. The maximum atomic E-state index is 11.7. The van der Waals surface area contributed by atoms with Crippen LogP contribution in [0.1, 0.15) is 33.1 Å². The fourth-order valence-electron chi connectivity index (χ4n) is 2.73. The third-order valence-electron chi connectivity index (χ3n) is 3.99. The lowest BCUT2D eigenvalue weighted by Gasteiger charge is -2.24. The molecule has 1 rings (SSSR count). The molecule has 1 fully saturated rings. The van der Waals surface area contributed by atoms with Gasteiger partial charge in [-0.3, -0.25) is 0 Å². The normalized spacial score (nSPS) is 22.8. The van der Waals surface area contributed by atoms with Gasteiger partial charge in [-0.25, -0.2) is 8.42 Å². The van der Waals surface area contributed by atoms with E-state index >= 15 is 0 Å². The molecule has 0 amide bonds. The first kappa shape index (κ1) is 18.9. The van der Waals surface area contributed by atoms with Crippen molar-refractivity contribution in [3.05, 3.63) is 0 Å². The molecule has 1 aliphatic rings. The van der Waals surface area contributed by atoms with Crippen LogP contribution in [0.15, 0.2) is 0 Å². The van der Waals surface area contributed by atoms with Gasteiger partial charge in [-0.1, -0.05) is 13.8 Å². The van der Waals surface area contributed by atoms with Crippen LogP contribution in [0.3, 0.4) is 0 Å². The van der Waals surface area contributed by atoms with Crippen molar-refractivity contribution < 1.29 is 17.9 Å². The van der Waals surface area contributed by atoms with Crippen LogP contribution in [0, 0.1) is 11.8 Å². The van der Waals surface area contributed by atoms with E-state index in [0.717, 1.165) is 32.4 Å². The molecule has 1 aliphatic heterocycles. The monoisotopic (exact) mass is 321 g/mol. The minimum Gasteiger partial charge on any atom is -0.385 e. The topological polar surface area (TPSA) is 64.6 Å². The first-order chi connectivity index (χ1) is 9.94. The van der Waals surface area contributed by atoms with Crippen LogP contribution in [-0.2, 0) is 19.3 Å². The largest absolute Gasteiger partial charge is 0.385 e. The molecule has 0 aromatic heterocycles. The predicted octanol–water partition coefficient (Wildman–Crippen LogP) is 1.48. The average Bonchev–Trinajstić information content (AvgIpc) is 2.77. The molecule has 0 saturated carbocycles. The lowest BCUT2D eigenvalue weighted by atomic mass is 9.89. The molecule has 0 aliphatic carbocycles. The van der Waals surface area contributed by atoms with E-state index in [1.807, 2.05) is 0 Å². The van der Waals surface area contributed by atoms with Gasteiger partial charge in [0.15, 0.2) is 9.84 Å². The van der Waals surface area contributed by atoms with Crippen LogP contribution in [0.2, 0.25) is 0 Å². The Balaban J connectivity index is 2.34. The summed E-state index contributed by atoms with van der Waals surface area (Å²) in [5.74, 6) is 1.36. The molecule has 5 nitrogen and oxygen atoms in total. The van der Waals surface area contributed by atoms with E-state index in [1.165, 1.54) is 0 Å². The summed E-state index contributed by atoms with van der Waals surface area (Å²) in [4.78, 5) is 0. The summed E-state index contributed by atoms with van der Waals surface area (Å²) in [7, 11) is -1.12. The molecule has 0 spiro atoms. The highest BCUT2D eigenvalue weighted by Crippen LogP contribution is 2.28. The number of ether oxygens (including phenoxy) is 2. The zero-order valence-corrected chi connectivity index (χ0v) is 14.5. The molecule has 2 unspecified atom stereocenters. The summed E-state index contributed by atoms with van der Waals surface area (Å²) in [6, 6.07) is 0.424. The second-order valence-electron chi connectivity index (χ2n) is 6.23. The van der Waals surface area contributed by atoms with Crippen molar-refractivity contribution in [3.8, 4) is 0 Å². The molecular weight excluding hydrogens is 290 g/mol. The van der Waals surface area contributed by atoms with Crippen LogP contribution in [0.5, 0.6) is 0 Å². The lowest BCUT2D eigenvalue weighted by Crippen LogP contribution is -2.33. The van der Waals surface area contributed by atoms with E-state index in [1.54, 1.807) is 7.11 Å². The first-order valence-electron chi connectivity index (χ1n) is 7.95. The highest BCUT2D eigenvalue weighted by molar-refractivity contribution is 7.91. The Morgan fingerprint density at radius 3 is 2.57 bits per heavy atom. The molecular formula is C15H31NO4S. The molecule has 1 heterocycles. The average molecular weight is 321 g/mol. The van der Waals surface area contributed by atoms with Crippen LogP contribution >= 0.6 is 0 Å². The van der Waals surface area contributed by atoms with Gasteiger partial charge in [0, 0.05) is 33.0 Å². The van der Waals surface area contributed by atoms with Gasteiger partial charge in [0.1, 0.15) is 0 Å². The van der Waals surface area contributed by atoms with Crippen LogP contribution < -0.4 is 5.32 Å². The summed E-state index contributed by atoms with van der Waals surface area (Å²) < 4.78 is 33.9. The Labute approximate surface area is 129 Å². The van der Waals surface area contributed by atoms with E-state index in [9.17, 15) is 8.42 Å². The summed E-state index contributed by atoms with van der Waals surface area (Å²) in [6.07, 6.45) is 2.63. The van der Waals surface area contributed by atoms with Crippen molar-refractivity contribution in [1.82, 2.24) is 5.32 Å². The number of hydrogen-bond acceptors (Lipinski definition) is 5. The smallest absolute Gasteiger partial charge is 0.150 e. The molecule has 0 bridgehead atoms. The standard InChI is InChI=1S/C15H31NO4S/c1-13(2)16-11-14(5-9-20-8-4-7-19-3)15-6-10-21(17,18)12-15/h13-16H,4-12H2,1-3H3. The number of methoxy groups -OCH3 is 1. The van der Waals surface area contributed by atoms with Gasteiger partial charge in [-0.15, -0.1) is 0 Å². The van der Waals surface area contributed by atoms with Crippen LogP contribution in [0.4, 0.5) is 0 Å². The van der Waals surface area contributed by atoms with Gasteiger partial charge in [0.2, 0.25) is 0 Å². The molecule has 2 atom stereocenters. The Hall–Kier alpha value is -0.170. The first-order valence-corrected chi connectivity index (χ1v) is 9.77. The van der Waals surface area contributed by atoms with Crippen molar-refractivity contribution in [2.24, 2.45) is 11.8 Å². The lowest BCUT2D eigenvalue weighted by molar-refractivity contribution is 0.0883. The third kappa shape index (κ3) is 8.14. The highest BCUT2D eigenvalue weighted by atomic mass is 32.2. The van der Waals surface area contributed by atoms with Gasteiger partial charge < -0.3 is 14.8 Å². The third-order valence-corrected chi connectivity index (χ3v) is 5.79. The van der Waals surface area contributed by atoms with Gasteiger partial charge in [0.05, 0.1) is 11.5 Å². The SMILES string of the molecule is COCCCOCCC(CNC(C)C)C1CCS(=O)(=O)C1. The molecule has 6 heteroatoms. The van der Waals surface area contributed by atoms with Gasteiger partial charge >= 0.3 is 0 Å². The van der Waals surface area contributed by atoms with E-state index in [2.05, 4.69) is 19.2 Å². The predicted molar refractivity (Wildman–Crippen MR) is 85.3 cm³/mol. The molecule has 0 radical (unpaired) electrons. The van der Waals surface area contributed by atoms with E-state index in [-0.39, 0.29) is 5.92 Å². The summed E-state index contributed by atoms with van der Waals surface area (Å²) in [5, 5.41) is 3.44. The van der Waals surface area contributed by atoms with Gasteiger partial charge in [-0.2, -0.15) is 0 Å². The van der Waals surface area contributed by atoms with Gasteiger partial charge in [-0.05, 0) is 37.6 Å². The molecule has 0 aromatic rings.